The van der Waals surface area contributed by atoms with Gasteiger partial charge in [0.15, 0.2) is 0 Å². The Balaban J connectivity index is 2.78. The smallest absolute Gasteiger partial charge is 0.00715 e. The van der Waals surface area contributed by atoms with Gasteiger partial charge in [0.25, 0.3) is 0 Å². The first-order chi connectivity index (χ1) is 3.41. The molecule has 0 N–H and O–H groups in total. The molecule has 0 aliphatic heterocycles. The van der Waals surface area contributed by atoms with E-state index in [-0.39, 0.29) is 0 Å². The van der Waals surface area contributed by atoms with Crippen LogP contribution >= 0.6 is 12.6 Å². The Morgan fingerprint density at radius 2 is 2.14 bits per heavy atom. The molecule has 0 spiro atoms. The lowest BCUT2D eigenvalue weighted by Gasteiger charge is -1.78. The Labute approximate surface area is 51.0 Å². The van der Waals surface area contributed by atoms with Crippen LogP contribution in [-0.4, -0.2) is 5.75 Å². The summed E-state index contributed by atoms with van der Waals surface area (Å²) in [5, 5.41) is 0. The average molecular weight is 115 g/mol. The van der Waals surface area contributed by atoms with Gasteiger partial charge in [-0.2, -0.15) is 0 Å². The third-order valence-electron chi connectivity index (χ3n) is 0.687. The molecule has 0 rings (SSSR count). The van der Waals surface area contributed by atoms with E-state index in [1.54, 1.807) is 0 Å². The van der Waals surface area contributed by atoms with E-state index in [1.807, 2.05) is 0 Å². The van der Waals surface area contributed by atoms with Crippen LogP contribution in [-0.2, 0) is 0 Å². The summed E-state index contributed by atoms with van der Waals surface area (Å²) in [5.74, 6) is 0.858. The van der Waals surface area contributed by atoms with Gasteiger partial charge in [-0.25, -0.2) is 0 Å². The van der Waals surface area contributed by atoms with Gasteiger partial charge in [-0.3, -0.25) is 0 Å². The predicted octanol–water partition coefficient (Wildman–Crippen LogP) is 2.54. The highest BCUT2D eigenvalue weighted by molar-refractivity contribution is 7.80. The third kappa shape index (κ3) is 6.09. The molecule has 0 unspecified atom stereocenters. The lowest BCUT2D eigenvalue weighted by atomic mass is 10.4. The van der Waals surface area contributed by atoms with Gasteiger partial charge in [-0.15, -0.1) is 0 Å². The molecule has 0 fully saturated rings. The Kier molecular flexibility index (Phi) is 6.17. The van der Waals surface area contributed by atoms with Crippen LogP contribution in [0.2, 0.25) is 0 Å². The predicted molar refractivity (Wildman–Crippen MR) is 36.5 cm³/mol. The molecule has 1 heteroatoms. The van der Waals surface area contributed by atoms with Crippen LogP contribution in [0.5, 0.6) is 0 Å². The fraction of sp³-hybridized carbons (Fsp3) is 0.667. The maximum Gasteiger partial charge on any atom is 0.00715 e. The van der Waals surface area contributed by atoms with Gasteiger partial charge in [0, 0.05) is 5.75 Å². The highest BCUT2D eigenvalue weighted by Crippen LogP contribution is 1.86. The highest BCUT2D eigenvalue weighted by Gasteiger charge is 1.69. The fourth-order valence-electron chi connectivity index (χ4n) is 0.353. The molecule has 0 saturated heterocycles. The van der Waals surface area contributed by atoms with Crippen LogP contribution in [0.1, 0.15) is 19.8 Å². The zero-order valence-corrected chi connectivity index (χ0v) is 5.50. The van der Waals surface area contributed by atoms with Crippen molar-refractivity contribution in [1.29, 1.82) is 0 Å². The minimum Gasteiger partial charge on any atom is -0.0938 e. The first-order valence-corrected chi connectivity index (χ1v) is 3.22. The van der Waals surface area contributed by atoms with Crippen LogP contribution in [0, 0.1) is 0 Å². The Morgan fingerprint density at radius 3 is 2.57 bits per heavy atom. The van der Waals surface area contributed by atoms with Gasteiger partial charge in [-0.05, 0) is 12.8 Å². The topological polar surface area (TPSA) is 0 Å². The van der Waals surface area contributed by atoms with Crippen LogP contribution in [0.25, 0.3) is 0 Å². The third-order valence-corrected chi connectivity index (χ3v) is 0.923. The lowest BCUT2D eigenvalue weighted by Crippen LogP contribution is -1.64. The van der Waals surface area contributed by atoms with E-state index in [9.17, 15) is 0 Å². The fourth-order valence-corrected chi connectivity index (χ4v) is 0.489. The van der Waals surface area contributed by atoms with E-state index in [0.29, 0.717) is 0 Å². The summed E-state index contributed by atoms with van der Waals surface area (Å²) in [4.78, 5) is 0. The molecule has 0 saturated carbocycles. The molecule has 0 aromatic rings. The standard InChI is InChI=1S/C6H11S/c1-2-3-4-5-6-7/h3-4H,2,5-6H2,1H3. The normalized spacial score (nSPS) is 10.6. The second kappa shape index (κ2) is 6.09. The summed E-state index contributed by atoms with van der Waals surface area (Å²) >= 11 is 4.71. The van der Waals surface area contributed by atoms with Crippen molar-refractivity contribution in [2.24, 2.45) is 0 Å². The quantitative estimate of drug-likeness (QED) is 0.496. The minimum absolute atomic E-state index is 0.858. The molecule has 0 aliphatic rings. The number of allylic oxidation sites excluding steroid dienone is 2. The SMILES string of the molecule is CCC=CCC[S]. The minimum atomic E-state index is 0.858. The van der Waals surface area contributed by atoms with Crippen LogP contribution in [0.3, 0.4) is 0 Å². The van der Waals surface area contributed by atoms with Crippen LogP contribution < -0.4 is 0 Å². The summed E-state index contributed by atoms with van der Waals surface area (Å²) in [6.45, 7) is 2.12. The van der Waals surface area contributed by atoms with E-state index in [1.165, 1.54) is 0 Å². The van der Waals surface area contributed by atoms with Crippen molar-refractivity contribution in [1.82, 2.24) is 0 Å². The second-order valence-corrected chi connectivity index (χ2v) is 1.78. The molecule has 0 aromatic carbocycles. The second-order valence-electron chi connectivity index (χ2n) is 1.37. The van der Waals surface area contributed by atoms with E-state index in [0.717, 1.165) is 18.6 Å². The number of hydrogen-bond acceptors (Lipinski definition) is 0. The molecular weight excluding hydrogens is 104 g/mol. The van der Waals surface area contributed by atoms with E-state index in [2.05, 4.69) is 19.1 Å². The van der Waals surface area contributed by atoms with Crippen molar-refractivity contribution < 1.29 is 0 Å². The van der Waals surface area contributed by atoms with Gasteiger partial charge in [0.05, 0.1) is 0 Å². The van der Waals surface area contributed by atoms with Crippen molar-refractivity contribution in [3.05, 3.63) is 12.2 Å². The van der Waals surface area contributed by atoms with Gasteiger partial charge < -0.3 is 0 Å². The Hall–Kier alpha value is 0.0900. The maximum absolute atomic E-state index is 4.71. The Morgan fingerprint density at radius 1 is 1.43 bits per heavy atom. The maximum atomic E-state index is 4.71. The van der Waals surface area contributed by atoms with E-state index in [4.69, 9.17) is 12.6 Å². The Bertz CT molecular complexity index is 48.1. The lowest BCUT2D eigenvalue weighted by molar-refractivity contribution is 1.17. The molecule has 0 bridgehead atoms. The summed E-state index contributed by atoms with van der Waals surface area (Å²) in [6.07, 6.45) is 6.47. The summed E-state index contributed by atoms with van der Waals surface area (Å²) in [7, 11) is 0. The van der Waals surface area contributed by atoms with Gasteiger partial charge in [0.2, 0.25) is 0 Å². The summed E-state index contributed by atoms with van der Waals surface area (Å²) in [6, 6.07) is 0. The first kappa shape index (κ1) is 7.09. The van der Waals surface area contributed by atoms with Crippen LogP contribution in [0.4, 0.5) is 0 Å². The molecule has 7 heavy (non-hydrogen) atoms. The summed E-state index contributed by atoms with van der Waals surface area (Å²) in [5.41, 5.74) is 0. The molecule has 41 valence electrons. The van der Waals surface area contributed by atoms with Crippen molar-refractivity contribution in [2.75, 3.05) is 5.75 Å². The highest BCUT2D eigenvalue weighted by atomic mass is 32.1. The van der Waals surface area contributed by atoms with Gasteiger partial charge >= 0.3 is 0 Å². The van der Waals surface area contributed by atoms with Crippen LogP contribution in [0.15, 0.2) is 12.2 Å². The van der Waals surface area contributed by atoms with Gasteiger partial charge in [0.1, 0.15) is 0 Å². The molecule has 0 amide bonds. The van der Waals surface area contributed by atoms with Crippen molar-refractivity contribution in [3.8, 4) is 0 Å². The molecule has 1 radical (unpaired) electrons. The van der Waals surface area contributed by atoms with Crippen molar-refractivity contribution >= 4 is 12.6 Å². The molecule has 0 nitrogen and oxygen atoms in total. The first-order valence-electron chi connectivity index (χ1n) is 2.65. The molecule has 0 aliphatic carbocycles. The van der Waals surface area contributed by atoms with Crippen molar-refractivity contribution in [3.63, 3.8) is 0 Å². The zero-order chi connectivity index (χ0) is 5.54. The average Bonchev–Trinajstić information content (AvgIpc) is 1.69. The molecule has 0 aromatic heterocycles. The molecule has 0 atom stereocenters. The van der Waals surface area contributed by atoms with E-state index >= 15 is 0 Å². The number of rotatable bonds is 3. The summed E-state index contributed by atoms with van der Waals surface area (Å²) < 4.78 is 0. The van der Waals surface area contributed by atoms with E-state index < -0.39 is 0 Å². The van der Waals surface area contributed by atoms with Gasteiger partial charge in [-0.1, -0.05) is 31.7 Å². The monoisotopic (exact) mass is 115 g/mol. The van der Waals surface area contributed by atoms with Crippen molar-refractivity contribution in [2.45, 2.75) is 19.8 Å². The zero-order valence-electron chi connectivity index (χ0n) is 4.68. The number of hydrogen-bond donors (Lipinski definition) is 0. The molecular formula is C6H11S. The molecule has 0 heterocycles. The largest absolute Gasteiger partial charge is 0.0938 e.